The molecule has 2 amide bonds. The molecule has 1 fully saturated rings. The number of hydrogen-bond acceptors (Lipinski definition) is 3. The molecule has 0 saturated carbocycles. The molecule has 4 nitrogen and oxygen atoms in total. The number of urea groups is 1. The van der Waals surface area contributed by atoms with Gasteiger partial charge in [0.15, 0.2) is 0 Å². The van der Waals surface area contributed by atoms with Gasteiger partial charge in [-0.05, 0) is 42.0 Å². The van der Waals surface area contributed by atoms with E-state index in [2.05, 4.69) is 5.32 Å². The number of hydrogen-bond donors (Lipinski definition) is 1. The van der Waals surface area contributed by atoms with E-state index in [-0.39, 0.29) is 11.4 Å². The van der Waals surface area contributed by atoms with Crippen LogP contribution in [0.4, 0.5) is 23.7 Å². The van der Waals surface area contributed by atoms with Crippen molar-refractivity contribution < 1.29 is 22.7 Å². The first-order chi connectivity index (χ1) is 12.4. The van der Waals surface area contributed by atoms with Crippen molar-refractivity contribution in [2.45, 2.75) is 11.6 Å². The van der Waals surface area contributed by atoms with Crippen LogP contribution in [-0.2, 0) is 6.18 Å². The fourth-order valence-corrected chi connectivity index (χ4v) is 3.92. The quantitative estimate of drug-likeness (QED) is 0.813. The van der Waals surface area contributed by atoms with Crippen LogP contribution in [0.25, 0.3) is 0 Å². The fourth-order valence-electron chi connectivity index (χ4n) is 2.66. The van der Waals surface area contributed by atoms with Gasteiger partial charge in [-0.2, -0.15) is 13.2 Å². The van der Waals surface area contributed by atoms with Crippen molar-refractivity contribution in [2.75, 3.05) is 24.7 Å². The molecular formula is C18H17F3N2O2S. The molecule has 0 aliphatic carbocycles. The van der Waals surface area contributed by atoms with Crippen molar-refractivity contribution in [1.29, 1.82) is 0 Å². The summed E-state index contributed by atoms with van der Waals surface area (Å²) >= 11 is 1.53. The lowest BCUT2D eigenvalue weighted by Gasteiger charge is -2.24. The average Bonchev–Trinajstić information content (AvgIpc) is 3.11. The molecule has 1 aliphatic heterocycles. The summed E-state index contributed by atoms with van der Waals surface area (Å²) in [5.74, 6) is 1.41. The summed E-state index contributed by atoms with van der Waals surface area (Å²) in [6.45, 7) is 0.526. The van der Waals surface area contributed by atoms with Crippen LogP contribution < -0.4 is 10.1 Å². The van der Waals surface area contributed by atoms with E-state index in [4.69, 9.17) is 4.74 Å². The Morgan fingerprint density at radius 3 is 2.38 bits per heavy atom. The van der Waals surface area contributed by atoms with Crippen molar-refractivity contribution in [2.24, 2.45) is 0 Å². The van der Waals surface area contributed by atoms with Gasteiger partial charge in [0, 0.05) is 18.0 Å². The number of methoxy groups -OCH3 is 1. The van der Waals surface area contributed by atoms with E-state index in [9.17, 15) is 18.0 Å². The Morgan fingerprint density at radius 2 is 1.81 bits per heavy atom. The number of nitrogens with zero attached hydrogens (tertiary/aromatic N) is 1. The molecular weight excluding hydrogens is 365 g/mol. The van der Waals surface area contributed by atoms with Gasteiger partial charge in [0.2, 0.25) is 0 Å². The molecule has 8 heteroatoms. The Hall–Kier alpha value is -2.35. The second kappa shape index (κ2) is 7.49. The molecule has 138 valence electrons. The average molecular weight is 382 g/mol. The summed E-state index contributed by atoms with van der Waals surface area (Å²) < 4.78 is 43.2. The standard InChI is InChI=1S/C18H17F3N2O2S/c1-25-15-8-6-14(7-9-15)22-17(24)23-10-11-26-16(23)12-2-4-13(5-3-12)18(19,20)21/h2-9,16H,10-11H2,1H3,(H,22,24)/t16-/m0/s1. The molecule has 0 aromatic heterocycles. The number of nitrogens with one attached hydrogen (secondary N) is 1. The molecule has 1 N–H and O–H groups in total. The van der Waals surface area contributed by atoms with Gasteiger partial charge in [0.1, 0.15) is 11.1 Å². The van der Waals surface area contributed by atoms with Crippen LogP contribution in [0, 0.1) is 0 Å². The van der Waals surface area contributed by atoms with E-state index in [1.807, 2.05) is 0 Å². The number of rotatable bonds is 3. The van der Waals surface area contributed by atoms with E-state index in [0.717, 1.165) is 17.9 Å². The Morgan fingerprint density at radius 1 is 1.15 bits per heavy atom. The number of amides is 2. The third kappa shape index (κ3) is 4.07. The number of alkyl halides is 3. The molecule has 26 heavy (non-hydrogen) atoms. The maximum Gasteiger partial charge on any atom is 0.416 e. The lowest BCUT2D eigenvalue weighted by molar-refractivity contribution is -0.137. The van der Waals surface area contributed by atoms with Gasteiger partial charge in [-0.15, -0.1) is 11.8 Å². The van der Waals surface area contributed by atoms with Crippen LogP contribution >= 0.6 is 11.8 Å². The number of carbonyl (C=O) groups excluding carboxylic acids is 1. The molecule has 0 bridgehead atoms. The zero-order chi connectivity index (χ0) is 18.7. The maximum absolute atomic E-state index is 12.7. The molecule has 1 heterocycles. The minimum atomic E-state index is -4.37. The van der Waals surface area contributed by atoms with Gasteiger partial charge in [0.05, 0.1) is 12.7 Å². The van der Waals surface area contributed by atoms with Crippen molar-refractivity contribution in [3.8, 4) is 5.75 Å². The molecule has 3 rings (SSSR count). The highest BCUT2D eigenvalue weighted by molar-refractivity contribution is 7.99. The topological polar surface area (TPSA) is 41.6 Å². The lowest BCUT2D eigenvalue weighted by atomic mass is 10.1. The highest BCUT2D eigenvalue weighted by Crippen LogP contribution is 2.39. The summed E-state index contributed by atoms with van der Waals surface area (Å²) in [4.78, 5) is 14.2. The summed E-state index contributed by atoms with van der Waals surface area (Å²) in [6.07, 6.45) is -4.37. The molecule has 2 aromatic rings. The second-order valence-corrected chi connectivity index (χ2v) is 6.88. The third-order valence-electron chi connectivity index (χ3n) is 4.02. The first-order valence-electron chi connectivity index (χ1n) is 7.89. The lowest BCUT2D eigenvalue weighted by Crippen LogP contribution is -2.34. The van der Waals surface area contributed by atoms with Crippen LogP contribution in [-0.4, -0.2) is 30.3 Å². The number of thioether (sulfide) groups is 1. The second-order valence-electron chi connectivity index (χ2n) is 5.69. The van der Waals surface area contributed by atoms with E-state index >= 15 is 0 Å². The Balaban J connectivity index is 1.71. The summed E-state index contributed by atoms with van der Waals surface area (Å²) in [5, 5.41) is 2.50. The van der Waals surface area contributed by atoms with Crippen molar-refractivity contribution in [1.82, 2.24) is 4.90 Å². The zero-order valence-electron chi connectivity index (χ0n) is 13.9. The SMILES string of the molecule is COc1ccc(NC(=O)N2CCS[C@H]2c2ccc(C(F)(F)F)cc2)cc1. The van der Waals surface area contributed by atoms with Gasteiger partial charge < -0.3 is 15.0 Å². The van der Waals surface area contributed by atoms with E-state index in [1.165, 1.54) is 23.9 Å². The highest BCUT2D eigenvalue weighted by Gasteiger charge is 2.33. The number of carbonyl (C=O) groups is 1. The van der Waals surface area contributed by atoms with Crippen LogP contribution in [0.5, 0.6) is 5.75 Å². The molecule has 0 unspecified atom stereocenters. The number of ether oxygens (including phenoxy) is 1. The monoisotopic (exact) mass is 382 g/mol. The maximum atomic E-state index is 12.7. The van der Waals surface area contributed by atoms with Crippen LogP contribution in [0.3, 0.4) is 0 Å². The van der Waals surface area contributed by atoms with E-state index < -0.39 is 11.7 Å². The van der Waals surface area contributed by atoms with Gasteiger partial charge >= 0.3 is 12.2 Å². The van der Waals surface area contributed by atoms with E-state index in [0.29, 0.717) is 23.5 Å². The predicted octanol–water partition coefficient (Wildman–Crippen LogP) is 4.99. The summed E-state index contributed by atoms with van der Waals surface area (Å²) in [5.41, 5.74) is 0.600. The Labute approximate surface area is 153 Å². The van der Waals surface area contributed by atoms with Crippen molar-refractivity contribution in [3.63, 3.8) is 0 Å². The van der Waals surface area contributed by atoms with Crippen LogP contribution in [0.2, 0.25) is 0 Å². The fraction of sp³-hybridized carbons (Fsp3) is 0.278. The Kier molecular flexibility index (Phi) is 5.31. The molecule has 1 aliphatic rings. The molecule has 1 atom stereocenters. The number of halogens is 3. The van der Waals surface area contributed by atoms with Gasteiger partial charge in [-0.25, -0.2) is 4.79 Å². The molecule has 1 saturated heterocycles. The summed E-state index contributed by atoms with van der Waals surface area (Å²) in [7, 11) is 1.56. The normalized spacial score (nSPS) is 17.2. The van der Waals surface area contributed by atoms with Gasteiger partial charge in [0.25, 0.3) is 0 Å². The van der Waals surface area contributed by atoms with Gasteiger partial charge in [-0.1, -0.05) is 12.1 Å². The highest BCUT2D eigenvalue weighted by atomic mass is 32.2. The molecule has 0 radical (unpaired) electrons. The smallest absolute Gasteiger partial charge is 0.416 e. The van der Waals surface area contributed by atoms with Crippen molar-refractivity contribution in [3.05, 3.63) is 59.7 Å². The molecule has 2 aromatic carbocycles. The predicted molar refractivity (Wildman–Crippen MR) is 95.4 cm³/mol. The first-order valence-corrected chi connectivity index (χ1v) is 8.94. The molecule has 0 spiro atoms. The number of benzene rings is 2. The minimum Gasteiger partial charge on any atom is -0.497 e. The minimum absolute atomic E-state index is 0.287. The van der Waals surface area contributed by atoms with E-state index in [1.54, 1.807) is 36.3 Å². The Bertz CT molecular complexity index is 764. The zero-order valence-corrected chi connectivity index (χ0v) is 14.7. The van der Waals surface area contributed by atoms with Crippen LogP contribution in [0.1, 0.15) is 16.5 Å². The van der Waals surface area contributed by atoms with Crippen LogP contribution in [0.15, 0.2) is 48.5 Å². The number of anilines is 1. The summed E-state index contributed by atoms with van der Waals surface area (Å²) in [6, 6.07) is 11.6. The third-order valence-corrected chi connectivity index (χ3v) is 5.28. The first kappa shape index (κ1) is 18.4. The largest absolute Gasteiger partial charge is 0.497 e. The van der Waals surface area contributed by atoms with Crippen molar-refractivity contribution >= 4 is 23.5 Å². The van der Waals surface area contributed by atoms with Gasteiger partial charge in [-0.3, -0.25) is 0 Å².